The molecule has 1 aliphatic heterocycles. The molecule has 0 aromatic heterocycles. The number of amides is 2. The molecule has 0 fully saturated rings. The van der Waals surface area contributed by atoms with Crippen LogP contribution >= 0.6 is 0 Å². The molecule has 2 aromatic rings. The van der Waals surface area contributed by atoms with E-state index in [-0.39, 0.29) is 11.8 Å². The zero-order chi connectivity index (χ0) is 18.0. The molecule has 130 valence electrons. The molecule has 0 atom stereocenters. The van der Waals surface area contributed by atoms with Crippen molar-refractivity contribution in [2.24, 2.45) is 0 Å². The van der Waals surface area contributed by atoms with Crippen molar-refractivity contribution in [3.63, 3.8) is 0 Å². The predicted molar refractivity (Wildman–Crippen MR) is 95.7 cm³/mol. The molecule has 0 unspecified atom stereocenters. The van der Waals surface area contributed by atoms with Crippen molar-refractivity contribution >= 4 is 23.2 Å². The van der Waals surface area contributed by atoms with Gasteiger partial charge < -0.3 is 19.7 Å². The molecule has 1 aliphatic rings. The van der Waals surface area contributed by atoms with Crippen molar-refractivity contribution in [1.29, 1.82) is 0 Å². The van der Waals surface area contributed by atoms with E-state index in [0.29, 0.717) is 29.3 Å². The number of anilines is 2. The summed E-state index contributed by atoms with van der Waals surface area (Å²) in [6, 6.07) is 10.6. The highest BCUT2D eigenvalue weighted by Gasteiger charge is 2.23. The zero-order valence-electron chi connectivity index (χ0n) is 14.5. The standard InChI is InChI=1S/C19H20N2O4/c1-12(22)21-9-8-13-10-14(4-6-17(13)21)19(23)20-16-11-15(24-2)5-7-18(16)25-3/h4-7,10-11H,8-9H2,1-3H3,(H,20,23). The summed E-state index contributed by atoms with van der Waals surface area (Å²) in [6.07, 6.45) is 0.749. The maximum Gasteiger partial charge on any atom is 0.255 e. The number of nitrogens with one attached hydrogen (secondary N) is 1. The molecule has 1 N–H and O–H groups in total. The number of hydrogen-bond acceptors (Lipinski definition) is 4. The molecule has 0 bridgehead atoms. The second kappa shape index (κ2) is 6.84. The van der Waals surface area contributed by atoms with Crippen LogP contribution in [0.3, 0.4) is 0 Å². The number of fused-ring (bicyclic) bond motifs is 1. The van der Waals surface area contributed by atoms with E-state index >= 15 is 0 Å². The lowest BCUT2D eigenvalue weighted by molar-refractivity contribution is -0.116. The molecule has 3 rings (SSSR count). The van der Waals surface area contributed by atoms with E-state index in [1.807, 2.05) is 12.1 Å². The van der Waals surface area contributed by atoms with E-state index in [1.165, 1.54) is 0 Å². The molecular formula is C19H20N2O4. The highest BCUT2D eigenvalue weighted by Crippen LogP contribution is 2.31. The first-order valence-electron chi connectivity index (χ1n) is 7.98. The molecule has 0 saturated carbocycles. The Labute approximate surface area is 146 Å². The SMILES string of the molecule is COc1ccc(OC)c(NC(=O)c2ccc3c(c2)CCN3C(C)=O)c1. The summed E-state index contributed by atoms with van der Waals surface area (Å²) < 4.78 is 10.5. The lowest BCUT2D eigenvalue weighted by atomic mass is 10.1. The third-order valence-corrected chi connectivity index (χ3v) is 4.27. The highest BCUT2D eigenvalue weighted by atomic mass is 16.5. The molecule has 25 heavy (non-hydrogen) atoms. The molecule has 0 spiro atoms. The molecule has 6 heteroatoms. The van der Waals surface area contributed by atoms with Gasteiger partial charge in [0.15, 0.2) is 0 Å². The summed E-state index contributed by atoms with van der Waals surface area (Å²) in [4.78, 5) is 26.0. The van der Waals surface area contributed by atoms with Crippen LogP contribution in [0.4, 0.5) is 11.4 Å². The van der Waals surface area contributed by atoms with E-state index in [4.69, 9.17) is 9.47 Å². The second-order valence-corrected chi connectivity index (χ2v) is 5.78. The maximum absolute atomic E-state index is 12.6. The minimum atomic E-state index is -0.240. The van der Waals surface area contributed by atoms with E-state index < -0.39 is 0 Å². The minimum Gasteiger partial charge on any atom is -0.497 e. The Bertz CT molecular complexity index is 832. The fourth-order valence-electron chi connectivity index (χ4n) is 2.98. The Hall–Kier alpha value is -3.02. The first kappa shape index (κ1) is 16.8. The Morgan fingerprint density at radius 2 is 1.88 bits per heavy atom. The molecule has 2 amide bonds. The van der Waals surface area contributed by atoms with Crippen LogP contribution in [-0.4, -0.2) is 32.6 Å². The molecule has 6 nitrogen and oxygen atoms in total. The normalized spacial score (nSPS) is 12.5. The third-order valence-electron chi connectivity index (χ3n) is 4.27. The van der Waals surface area contributed by atoms with Gasteiger partial charge in [-0.1, -0.05) is 0 Å². The van der Waals surface area contributed by atoms with Crippen LogP contribution in [0.15, 0.2) is 36.4 Å². The molecule has 2 aromatic carbocycles. The van der Waals surface area contributed by atoms with Gasteiger partial charge in [0.2, 0.25) is 5.91 Å². The van der Waals surface area contributed by atoms with Gasteiger partial charge in [-0.25, -0.2) is 0 Å². The quantitative estimate of drug-likeness (QED) is 0.929. The molecule has 0 radical (unpaired) electrons. The van der Waals surface area contributed by atoms with Gasteiger partial charge in [-0.15, -0.1) is 0 Å². The van der Waals surface area contributed by atoms with Crippen LogP contribution < -0.4 is 19.7 Å². The molecular weight excluding hydrogens is 320 g/mol. The topological polar surface area (TPSA) is 67.9 Å². The van der Waals surface area contributed by atoms with Crippen molar-refractivity contribution < 1.29 is 19.1 Å². The van der Waals surface area contributed by atoms with Crippen LogP contribution in [-0.2, 0) is 11.2 Å². The second-order valence-electron chi connectivity index (χ2n) is 5.78. The van der Waals surface area contributed by atoms with Gasteiger partial charge in [-0.3, -0.25) is 9.59 Å². The fourth-order valence-corrected chi connectivity index (χ4v) is 2.98. The smallest absolute Gasteiger partial charge is 0.255 e. The largest absolute Gasteiger partial charge is 0.497 e. The van der Waals surface area contributed by atoms with Crippen LogP contribution in [0.25, 0.3) is 0 Å². The molecule has 0 saturated heterocycles. The van der Waals surface area contributed by atoms with Gasteiger partial charge in [0.25, 0.3) is 5.91 Å². The Morgan fingerprint density at radius 3 is 2.56 bits per heavy atom. The van der Waals surface area contributed by atoms with Crippen molar-refractivity contribution in [1.82, 2.24) is 0 Å². The third kappa shape index (κ3) is 3.28. The summed E-state index contributed by atoms with van der Waals surface area (Å²) in [7, 11) is 3.11. The van der Waals surface area contributed by atoms with Crippen molar-refractivity contribution in [2.75, 3.05) is 31.0 Å². The lowest BCUT2D eigenvalue weighted by Crippen LogP contribution is -2.25. The van der Waals surface area contributed by atoms with E-state index in [2.05, 4.69) is 5.32 Å². The summed E-state index contributed by atoms with van der Waals surface area (Å²) in [5.41, 5.74) is 2.95. The minimum absolute atomic E-state index is 0.0112. The van der Waals surface area contributed by atoms with Gasteiger partial charge >= 0.3 is 0 Å². The van der Waals surface area contributed by atoms with Crippen molar-refractivity contribution in [3.8, 4) is 11.5 Å². The van der Waals surface area contributed by atoms with Crippen LogP contribution in [0, 0.1) is 0 Å². The van der Waals surface area contributed by atoms with Crippen LogP contribution in [0.2, 0.25) is 0 Å². The van der Waals surface area contributed by atoms with E-state index in [9.17, 15) is 9.59 Å². The highest BCUT2D eigenvalue weighted by molar-refractivity contribution is 6.06. The number of ether oxygens (including phenoxy) is 2. The monoisotopic (exact) mass is 340 g/mol. The summed E-state index contributed by atoms with van der Waals surface area (Å²) in [5.74, 6) is 0.952. The van der Waals surface area contributed by atoms with Crippen molar-refractivity contribution in [3.05, 3.63) is 47.5 Å². The summed E-state index contributed by atoms with van der Waals surface area (Å²) >= 11 is 0. The fraction of sp³-hybridized carbons (Fsp3) is 0.263. The number of benzene rings is 2. The predicted octanol–water partition coefficient (Wildman–Crippen LogP) is 2.87. The molecule has 0 aliphatic carbocycles. The number of methoxy groups -OCH3 is 2. The molecule has 1 heterocycles. The summed E-state index contributed by atoms with van der Waals surface area (Å²) in [6.45, 7) is 2.20. The summed E-state index contributed by atoms with van der Waals surface area (Å²) in [5, 5.41) is 2.85. The first-order valence-corrected chi connectivity index (χ1v) is 7.98. The average molecular weight is 340 g/mol. The van der Waals surface area contributed by atoms with Crippen LogP contribution in [0.5, 0.6) is 11.5 Å². The van der Waals surface area contributed by atoms with E-state index in [0.717, 1.165) is 17.7 Å². The Kier molecular flexibility index (Phi) is 4.61. The first-order chi connectivity index (χ1) is 12.0. The maximum atomic E-state index is 12.6. The number of rotatable bonds is 4. The van der Waals surface area contributed by atoms with Gasteiger partial charge in [-0.05, 0) is 42.3 Å². The van der Waals surface area contributed by atoms with Gasteiger partial charge in [-0.2, -0.15) is 0 Å². The Morgan fingerprint density at radius 1 is 1.08 bits per heavy atom. The van der Waals surface area contributed by atoms with Gasteiger partial charge in [0.1, 0.15) is 11.5 Å². The number of carbonyl (C=O) groups excluding carboxylic acids is 2. The van der Waals surface area contributed by atoms with Gasteiger partial charge in [0, 0.05) is 30.8 Å². The Balaban J connectivity index is 1.84. The van der Waals surface area contributed by atoms with Crippen molar-refractivity contribution in [2.45, 2.75) is 13.3 Å². The van der Waals surface area contributed by atoms with Crippen LogP contribution in [0.1, 0.15) is 22.8 Å². The number of nitrogens with zero attached hydrogens (tertiary/aromatic N) is 1. The lowest BCUT2D eigenvalue weighted by Gasteiger charge is -2.15. The zero-order valence-corrected chi connectivity index (χ0v) is 14.5. The average Bonchev–Trinajstić information content (AvgIpc) is 3.05. The van der Waals surface area contributed by atoms with Gasteiger partial charge in [0.05, 0.1) is 19.9 Å². The number of carbonyl (C=O) groups is 2. The van der Waals surface area contributed by atoms with E-state index in [1.54, 1.807) is 50.3 Å². The number of hydrogen-bond donors (Lipinski definition) is 1.